The quantitative estimate of drug-likeness (QED) is 0.815. The fourth-order valence-electron chi connectivity index (χ4n) is 1.26. The minimum Gasteiger partial charge on any atom is -0.478 e. The maximum Gasteiger partial charge on any atom is 0.338 e. The monoisotopic (exact) mass is 285 g/mol. The average molecular weight is 285 g/mol. The van der Waals surface area contributed by atoms with E-state index in [2.05, 4.69) is 10.6 Å². The highest BCUT2D eigenvalue weighted by Crippen LogP contribution is 2.17. The number of carboxylic acids is 1. The second-order valence-electron chi connectivity index (χ2n) is 4.32. The zero-order chi connectivity index (χ0) is 14.8. The molecule has 2 N–H and O–H groups in total. The normalized spacial score (nSPS) is 11.9. The van der Waals surface area contributed by atoms with Crippen molar-refractivity contribution >= 4 is 16.0 Å². The lowest BCUT2D eigenvalue weighted by atomic mass is 10.1. The van der Waals surface area contributed by atoms with Gasteiger partial charge in [-0.1, -0.05) is 5.92 Å². The van der Waals surface area contributed by atoms with Crippen LogP contribution >= 0.6 is 0 Å². The van der Waals surface area contributed by atoms with Crippen molar-refractivity contribution in [3.8, 4) is 12.3 Å². The van der Waals surface area contributed by atoms with Crippen LogP contribution in [0, 0.1) is 18.2 Å². The summed E-state index contributed by atoms with van der Waals surface area (Å²) in [6.45, 7) is 2.93. The van der Waals surface area contributed by atoms with E-state index < -0.39 is 37.8 Å². The highest BCUT2D eigenvalue weighted by molar-refractivity contribution is 7.89. The number of hydrogen-bond acceptors (Lipinski definition) is 3. The van der Waals surface area contributed by atoms with Crippen molar-refractivity contribution in [2.75, 3.05) is 0 Å². The van der Waals surface area contributed by atoms with Crippen LogP contribution in [0.15, 0.2) is 23.1 Å². The van der Waals surface area contributed by atoms with E-state index in [-0.39, 0.29) is 0 Å². The minimum atomic E-state index is -4.02. The van der Waals surface area contributed by atoms with Gasteiger partial charge in [-0.2, -0.15) is 4.72 Å². The van der Waals surface area contributed by atoms with Crippen LogP contribution in [0.3, 0.4) is 0 Å². The van der Waals surface area contributed by atoms with Gasteiger partial charge >= 0.3 is 5.97 Å². The summed E-state index contributed by atoms with van der Waals surface area (Å²) >= 11 is 0. The van der Waals surface area contributed by atoms with Gasteiger partial charge in [0.05, 0.1) is 16.0 Å². The molecule has 0 aromatic heterocycles. The fourth-order valence-corrected chi connectivity index (χ4v) is 2.62. The molecule has 0 aliphatic heterocycles. The van der Waals surface area contributed by atoms with Crippen LogP contribution in [-0.4, -0.2) is 25.0 Å². The number of sulfonamides is 1. The van der Waals surface area contributed by atoms with Gasteiger partial charge in [0.15, 0.2) is 0 Å². The molecule has 0 aliphatic carbocycles. The highest BCUT2D eigenvalue weighted by atomic mass is 32.2. The van der Waals surface area contributed by atoms with Gasteiger partial charge in [0.25, 0.3) is 0 Å². The van der Waals surface area contributed by atoms with E-state index in [1.807, 2.05) is 0 Å². The van der Waals surface area contributed by atoms with Crippen molar-refractivity contribution in [3.63, 3.8) is 0 Å². The Hall–Kier alpha value is -1.91. The lowest BCUT2D eigenvalue weighted by Gasteiger charge is -2.19. The molecule has 7 heteroatoms. The minimum absolute atomic E-state index is 0.390. The Kier molecular flexibility index (Phi) is 3.98. The molecule has 0 atom stereocenters. The number of halogens is 1. The number of terminal acetylenes is 1. The Morgan fingerprint density at radius 1 is 1.47 bits per heavy atom. The van der Waals surface area contributed by atoms with E-state index in [4.69, 9.17) is 11.5 Å². The molecule has 19 heavy (non-hydrogen) atoms. The largest absolute Gasteiger partial charge is 0.478 e. The van der Waals surface area contributed by atoms with E-state index in [1.54, 1.807) is 0 Å². The molecule has 102 valence electrons. The Morgan fingerprint density at radius 3 is 2.47 bits per heavy atom. The van der Waals surface area contributed by atoms with Crippen LogP contribution in [0.25, 0.3) is 0 Å². The van der Waals surface area contributed by atoms with Gasteiger partial charge in [0, 0.05) is 0 Å². The molecule has 0 radical (unpaired) electrons. The molecular weight excluding hydrogens is 273 g/mol. The van der Waals surface area contributed by atoms with E-state index in [1.165, 1.54) is 13.8 Å². The molecule has 1 aromatic rings. The Labute approximate surface area is 110 Å². The molecule has 0 amide bonds. The highest BCUT2D eigenvalue weighted by Gasteiger charge is 2.25. The molecule has 1 rings (SSSR count). The first-order chi connectivity index (χ1) is 8.59. The van der Waals surface area contributed by atoms with Gasteiger partial charge in [0.2, 0.25) is 10.0 Å². The maximum atomic E-state index is 13.4. The predicted octanol–water partition coefficient (Wildman–Crippen LogP) is 1.21. The summed E-state index contributed by atoms with van der Waals surface area (Å²) in [6.07, 6.45) is 5.16. The Bertz CT molecular complexity index is 659. The summed E-state index contributed by atoms with van der Waals surface area (Å²) in [4.78, 5) is 10.2. The molecule has 5 nitrogen and oxygen atoms in total. The second-order valence-corrected chi connectivity index (χ2v) is 6.00. The van der Waals surface area contributed by atoms with E-state index in [0.717, 1.165) is 12.1 Å². The van der Waals surface area contributed by atoms with Crippen LogP contribution in [0.1, 0.15) is 24.2 Å². The predicted molar refractivity (Wildman–Crippen MR) is 66.6 cm³/mol. The van der Waals surface area contributed by atoms with Gasteiger partial charge in [0.1, 0.15) is 5.82 Å². The van der Waals surface area contributed by atoms with Crippen molar-refractivity contribution in [2.24, 2.45) is 0 Å². The fraction of sp³-hybridized carbons (Fsp3) is 0.250. The number of rotatable bonds is 4. The van der Waals surface area contributed by atoms with Crippen LogP contribution in [-0.2, 0) is 10.0 Å². The zero-order valence-electron chi connectivity index (χ0n) is 10.3. The van der Waals surface area contributed by atoms with Crippen molar-refractivity contribution in [3.05, 3.63) is 29.6 Å². The van der Waals surface area contributed by atoms with Gasteiger partial charge in [-0.25, -0.2) is 17.6 Å². The first-order valence-electron chi connectivity index (χ1n) is 5.14. The average Bonchev–Trinajstić information content (AvgIpc) is 2.27. The van der Waals surface area contributed by atoms with E-state index in [0.29, 0.717) is 6.07 Å². The Balaban J connectivity index is 3.22. The van der Waals surface area contributed by atoms with E-state index in [9.17, 15) is 17.6 Å². The smallest absolute Gasteiger partial charge is 0.338 e. The molecule has 0 saturated heterocycles. The summed E-state index contributed by atoms with van der Waals surface area (Å²) in [5.74, 6) is -0.371. The van der Waals surface area contributed by atoms with Crippen molar-refractivity contribution in [1.29, 1.82) is 0 Å². The van der Waals surface area contributed by atoms with Gasteiger partial charge in [-0.15, -0.1) is 6.42 Å². The molecule has 0 bridgehead atoms. The number of nitrogens with one attached hydrogen (secondary N) is 1. The maximum absolute atomic E-state index is 13.4. The molecule has 1 aromatic carbocycles. The van der Waals surface area contributed by atoms with Crippen LogP contribution < -0.4 is 4.72 Å². The number of hydrogen-bond donors (Lipinski definition) is 2. The molecule has 0 unspecified atom stereocenters. The number of benzene rings is 1. The molecule has 0 saturated carbocycles. The number of aromatic carboxylic acids is 1. The lowest BCUT2D eigenvalue weighted by molar-refractivity contribution is 0.0691. The van der Waals surface area contributed by atoms with Crippen LogP contribution in [0.4, 0.5) is 4.39 Å². The lowest BCUT2D eigenvalue weighted by Crippen LogP contribution is -2.42. The van der Waals surface area contributed by atoms with E-state index >= 15 is 0 Å². The number of carbonyl (C=O) groups is 1. The van der Waals surface area contributed by atoms with Gasteiger partial charge in [-0.3, -0.25) is 0 Å². The third-order valence-electron chi connectivity index (χ3n) is 2.23. The molecule has 0 fully saturated rings. The summed E-state index contributed by atoms with van der Waals surface area (Å²) in [5, 5.41) is 8.65. The van der Waals surface area contributed by atoms with Crippen LogP contribution in [0.2, 0.25) is 0 Å². The van der Waals surface area contributed by atoms with Gasteiger partial charge in [-0.05, 0) is 32.0 Å². The third kappa shape index (κ3) is 3.53. The Morgan fingerprint density at radius 2 is 2.05 bits per heavy atom. The first-order valence-corrected chi connectivity index (χ1v) is 6.62. The second kappa shape index (κ2) is 4.99. The molecular formula is C12H12FNO4S. The molecule has 0 heterocycles. The topological polar surface area (TPSA) is 83.5 Å². The molecule has 0 spiro atoms. The van der Waals surface area contributed by atoms with Gasteiger partial charge < -0.3 is 5.11 Å². The number of carboxylic acid groups (broad SMARTS) is 1. The summed E-state index contributed by atoms with van der Waals surface area (Å²) in [5.41, 5.74) is -1.74. The van der Waals surface area contributed by atoms with Crippen molar-refractivity contribution in [2.45, 2.75) is 24.3 Å². The standard InChI is InChI=1S/C12H12FNO4S/c1-4-12(2,3)14-19(17,18)8-5-6-9(11(15)16)10(13)7-8/h1,5-7,14H,2-3H3,(H,15,16). The summed E-state index contributed by atoms with van der Waals surface area (Å²) in [6, 6.07) is 2.52. The zero-order valence-corrected chi connectivity index (χ0v) is 11.1. The SMILES string of the molecule is C#CC(C)(C)NS(=O)(=O)c1ccc(C(=O)O)c(F)c1. The first kappa shape index (κ1) is 15.1. The van der Waals surface area contributed by atoms with Crippen molar-refractivity contribution < 1.29 is 22.7 Å². The molecule has 0 aliphatic rings. The van der Waals surface area contributed by atoms with Crippen molar-refractivity contribution in [1.82, 2.24) is 4.72 Å². The summed E-state index contributed by atoms with van der Waals surface area (Å²) in [7, 11) is -4.02. The summed E-state index contributed by atoms with van der Waals surface area (Å²) < 4.78 is 39.5. The van der Waals surface area contributed by atoms with Crippen LogP contribution in [0.5, 0.6) is 0 Å². The third-order valence-corrected chi connectivity index (χ3v) is 3.89.